The third-order valence-electron chi connectivity index (χ3n) is 5.28. The molecule has 1 N–H and O–H groups in total. The number of anilines is 1. The predicted molar refractivity (Wildman–Crippen MR) is 135 cm³/mol. The lowest BCUT2D eigenvalue weighted by Gasteiger charge is -2.33. The van der Waals surface area contributed by atoms with Crippen LogP contribution < -0.4 is 9.62 Å². The van der Waals surface area contributed by atoms with Gasteiger partial charge in [0, 0.05) is 17.6 Å². The molecule has 10 heteroatoms. The quantitative estimate of drug-likeness (QED) is 0.400. The van der Waals surface area contributed by atoms with Crippen molar-refractivity contribution in [2.75, 3.05) is 23.7 Å². The van der Waals surface area contributed by atoms with Gasteiger partial charge in [0.05, 0.1) is 11.9 Å². The summed E-state index contributed by atoms with van der Waals surface area (Å²) in [6, 6.07) is 11.4. The van der Waals surface area contributed by atoms with Crippen LogP contribution in [0.15, 0.2) is 53.0 Å². The predicted octanol–water partition coefficient (Wildman–Crippen LogP) is 4.08. The van der Waals surface area contributed by atoms with Crippen LogP contribution in [-0.4, -0.2) is 50.5 Å². The molecule has 34 heavy (non-hydrogen) atoms. The van der Waals surface area contributed by atoms with Crippen LogP contribution in [0.2, 0.25) is 0 Å². The summed E-state index contributed by atoms with van der Waals surface area (Å²) in [6.45, 7) is 3.85. The summed E-state index contributed by atoms with van der Waals surface area (Å²) in [6.07, 6.45) is 3.08. The number of rotatable bonds is 12. The van der Waals surface area contributed by atoms with Gasteiger partial charge in [-0.25, -0.2) is 12.8 Å². The first-order valence-corrected chi connectivity index (χ1v) is 13.8. The van der Waals surface area contributed by atoms with Crippen molar-refractivity contribution in [1.29, 1.82) is 0 Å². The van der Waals surface area contributed by atoms with Gasteiger partial charge < -0.3 is 10.2 Å². The van der Waals surface area contributed by atoms with Gasteiger partial charge in [0.15, 0.2) is 0 Å². The van der Waals surface area contributed by atoms with Crippen LogP contribution in [-0.2, 0) is 26.2 Å². The van der Waals surface area contributed by atoms with Crippen molar-refractivity contribution in [1.82, 2.24) is 10.2 Å². The summed E-state index contributed by atoms with van der Waals surface area (Å²) >= 11 is 3.32. The number of halogens is 2. The Morgan fingerprint density at radius 3 is 2.21 bits per heavy atom. The Morgan fingerprint density at radius 1 is 1.06 bits per heavy atom. The largest absolute Gasteiger partial charge is 0.354 e. The monoisotopic (exact) mass is 555 g/mol. The molecule has 0 aliphatic heterocycles. The standard InChI is InChI=1S/C24H31BrFN3O4S/c1-4-6-15-27-24(31)22(5-2)28(16-18-7-11-20(26)12-8-18)23(30)17-29(34(3,32)33)21-13-9-19(25)10-14-21/h7-14,22H,4-6,15-17H2,1-3H3,(H,27,31)/t22-/m0/s1. The molecule has 1 atom stereocenters. The summed E-state index contributed by atoms with van der Waals surface area (Å²) in [5.41, 5.74) is 0.963. The van der Waals surface area contributed by atoms with E-state index in [0.717, 1.165) is 27.9 Å². The fraction of sp³-hybridized carbons (Fsp3) is 0.417. The molecule has 0 radical (unpaired) electrons. The lowest BCUT2D eigenvalue weighted by Crippen LogP contribution is -2.52. The Labute approximate surface area is 209 Å². The molecule has 2 aromatic carbocycles. The first-order chi connectivity index (χ1) is 16.1. The zero-order valence-electron chi connectivity index (χ0n) is 19.6. The second kappa shape index (κ2) is 12.9. The van der Waals surface area contributed by atoms with E-state index in [2.05, 4.69) is 21.2 Å². The van der Waals surface area contributed by atoms with Crippen LogP contribution >= 0.6 is 15.9 Å². The van der Waals surface area contributed by atoms with Gasteiger partial charge >= 0.3 is 0 Å². The lowest BCUT2D eigenvalue weighted by molar-refractivity contribution is -0.140. The molecule has 0 aromatic heterocycles. The number of benzene rings is 2. The Kier molecular flexibility index (Phi) is 10.5. The van der Waals surface area contributed by atoms with E-state index in [-0.39, 0.29) is 12.5 Å². The summed E-state index contributed by atoms with van der Waals surface area (Å²) < 4.78 is 40.3. The van der Waals surface area contributed by atoms with Crippen LogP contribution in [0.5, 0.6) is 0 Å². The van der Waals surface area contributed by atoms with Crippen molar-refractivity contribution < 1.29 is 22.4 Å². The first kappa shape index (κ1) is 27.8. The maximum absolute atomic E-state index is 13.5. The van der Waals surface area contributed by atoms with Crippen molar-refractivity contribution in [2.24, 2.45) is 0 Å². The Morgan fingerprint density at radius 2 is 1.68 bits per heavy atom. The third-order valence-corrected chi connectivity index (χ3v) is 6.94. The molecular weight excluding hydrogens is 525 g/mol. The first-order valence-electron chi connectivity index (χ1n) is 11.1. The van der Waals surface area contributed by atoms with E-state index in [4.69, 9.17) is 0 Å². The van der Waals surface area contributed by atoms with Crippen molar-refractivity contribution in [3.8, 4) is 0 Å². The number of amides is 2. The number of hydrogen-bond acceptors (Lipinski definition) is 4. The second-order valence-electron chi connectivity index (χ2n) is 7.96. The van der Waals surface area contributed by atoms with Gasteiger partial charge in [-0.1, -0.05) is 48.3 Å². The average Bonchev–Trinajstić information content (AvgIpc) is 2.78. The highest BCUT2D eigenvalue weighted by atomic mass is 79.9. The van der Waals surface area contributed by atoms with Gasteiger partial charge in [-0.15, -0.1) is 0 Å². The fourth-order valence-corrected chi connectivity index (χ4v) is 4.55. The van der Waals surface area contributed by atoms with E-state index in [1.807, 2.05) is 6.92 Å². The highest BCUT2D eigenvalue weighted by Gasteiger charge is 2.31. The van der Waals surface area contributed by atoms with E-state index in [1.54, 1.807) is 43.3 Å². The highest BCUT2D eigenvalue weighted by Crippen LogP contribution is 2.22. The van der Waals surface area contributed by atoms with Crippen molar-refractivity contribution in [3.05, 3.63) is 64.4 Å². The number of carbonyl (C=O) groups excluding carboxylic acids is 2. The minimum Gasteiger partial charge on any atom is -0.354 e. The molecule has 0 bridgehead atoms. The molecule has 0 saturated carbocycles. The number of sulfonamides is 1. The normalized spacial score (nSPS) is 12.1. The molecule has 0 aliphatic carbocycles. The van der Waals surface area contributed by atoms with Gasteiger partial charge in [-0.3, -0.25) is 13.9 Å². The van der Waals surface area contributed by atoms with Crippen molar-refractivity contribution >= 4 is 43.5 Å². The molecule has 2 rings (SSSR count). The maximum Gasteiger partial charge on any atom is 0.244 e. The molecule has 0 aliphatic rings. The van der Waals surface area contributed by atoms with Crippen molar-refractivity contribution in [3.63, 3.8) is 0 Å². The van der Waals surface area contributed by atoms with Gasteiger partial charge in [0.2, 0.25) is 21.8 Å². The molecule has 0 unspecified atom stereocenters. The number of carbonyl (C=O) groups is 2. The molecule has 0 fully saturated rings. The molecule has 0 heterocycles. The van der Waals surface area contributed by atoms with Gasteiger partial charge in [0.1, 0.15) is 18.4 Å². The maximum atomic E-state index is 13.5. The van der Waals surface area contributed by atoms with Gasteiger partial charge in [-0.05, 0) is 54.8 Å². The Bertz CT molecular complexity index is 1060. The van der Waals surface area contributed by atoms with Crippen molar-refractivity contribution in [2.45, 2.75) is 45.7 Å². The Balaban J connectivity index is 2.37. The minimum atomic E-state index is -3.79. The van der Waals surface area contributed by atoms with Crippen LogP contribution in [0.25, 0.3) is 0 Å². The molecule has 0 spiro atoms. The highest BCUT2D eigenvalue weighted by molar-refractivity contribution is 9.10. The zero-order chi connectivity index (χ0) is 25.3. The van der Waals surface area contributed by atoms with E-state index in [0.29, 0.717) is 24.2 Å². The van der Waals surface area contributed by atoms with Gasteiger partial charge in [0.25, 0.3) is 0 Å². The SMILES string of the molecule is CCCCNC(=O)[C@H](CC)N(Cc1ccc(F)cc1)C(=O)CN(c1ccc(Br)cc1)S(C)(=O)=O. The fourth-order valence-electron chi connectivity index (χ4n) is 3.43. The minimum absolute atomic E-state index is 0.0384. The third kappa shape index (κ3) is 8.09. The molecule has 2 amide bonds. The summed E-state index contributed by atoms with van der Waals surface area (Å²) in [7, 11) is -3.79. The Hall–Kier alpha value is -2.46. The molecule has 2 aromatic rings. The molecule has 186 valence electrons. The topological polar surface area (TPSA) is 86.8 Å². The van der Waals surface area contributed by atoms with Crippen LogP contribution in [0, 0.1) is 5.82 Å². The zero-order valence-corrected chi connectivity index (χ0v) is 22.0. The number of unbranched alkanes of at least 4 members (excludes halogenated alkanes) is 1. The van der Waals surface area contributed by atoms with E-state index in [9.17, 15) is 22.4 Å². The summed E-state index contributed by atoms with van der Waals surface area (Å²) in [4.78, 5) is 27.8. The van der Waals surface area contributed by atoms with E-state index >= 15 is 0 Å². The summed E-state index contributed by atoms with van der Waals surface area (Å²) in [5.74, 6) is -1.25. The number of hydrogen-bond donors (Lipinski definition) is 1. The summed E-state index contributed by atoms with van der Waals surface area (Å²) in [5, 5.41) is 2.86. The smallest absolute Gasteiger partial charge is 0.244 e. The average molecular weight is 556 g/mol. The number of nitrogens with zero attached hydrogens (tertiary/aromatic N) is 2. The van der Waals surface area contributed by atoms with Gasteiger partial charge in [-0.2, -0.15) is 0 Å². The lowest BCUT2D eigenvalue weighted by atomic mass is 10.1. The molecule has 0 saturated heterocycles. The second-order valence-corrected chi connectivity index (χ2v) is 10.8. The number of nitrogens with one attached hydrogen (secondary N) is 1. The van der Waals surface area contributed by atoms with Crippen LogP contribution in [0.4, 0.5) is 10.1 Å². The molecule has 7 nitrogen and oxygen atoms in total. The van der Waals surface area contributed by atoms with Crippen LogP contribution in [0.1, 0.15) is 38.7 Å². The van der Waals surface area contributed by atoms with E-state index < -0.39 is 34.3 Å². The van der Waals surface area contributed by atoms with E-state index in [1.165, 1.54) is 17.0 Å². The molecular formula is C24H31BrFN3O4S. The van der Waals surface area contributed by atoms with Crippen LogP contribution in [0.3, 0.4) is 0 Å².